The second-order valence-corrected chi connectivity index (χ2v) is 6.92. The number of carbonyl (C=O) groups excluding carboxylic acids is 1. The topological polar surface area (TPSA) is 42.0 Å². The summed E-state index contributed by atoms with van der Waals surface area (Å²) >= 11 is 0. The number of benzene rings is 2. The van der Waals surface area contributed by atoms with Crippen LogP contribution in [0, 0.1) is 20.8 Å². The van der Waals surface area contributed by atoms with Gasteiger partial charge >= 0.3 is 0 Å². The van der Waals surface area contributed by atoms with Crippen molar-refractivity contribution in [2.45, 2.75) is 33.7 Å². The van der Waals surface area contributed by atoms with Crippen LogP contribution >= 0.6 is 0 Å². The number of carbonyl (C=O) groups is 1. The van der Waals surface area contributed by atoms with Crippen molar-refractivity contribution in [3.05, 3.63) is 107 Å². The van der Waals surface area contributed by atoms with Crippen molar-refractivity contribution in [1.29, 1.82) is 0 Å². The molecule has 3 nitrogen and oxygen atoms in total. The highest BCUT2D eigenvalue weighted by Gasteiger charge is 2.07. The predicted octanol–water partition coefficient (Wildman–Crippen LogP) is 5.58. The van der Waals surface area contributed by atoms with Gasteiger partial charge in [-0.05, 0) is 56.5 Å². The molecule has 0 aliphatic carbocycles. The number of pyridine rings is 1. The fraction of sp³-hybridized carbons (Fsp3) is 0.200. The molecule has 3 aromatic rings. The summed E-state index contributed by atoms with van der Waals surface area (Å²) in [7, 11) is 0. The van der Waals surface area contributed by atoms with Crippen molar-refractivity contribution >= 4 is 12.0 Å². The Labute approximate surface area is 168 Å². The fourth-order valence-corrected chi connectivity index (χ4v) is 2.68. The molecule has 0 aliphatic heterocycles. The minimum Gasteiger partial charge on any atom is -0.346 e. The second-order valence-electron chi connectivity index (χ2n) is 6.92. The Morgan fingerprint density at radius 3 is 2.18 bits per heavy atom. The highest BCUT2D eigenvalue weighted by atomic mass is 16.1. The minimum atomic E-state index is -0.0782. The van der Waals surface area contributed by atoms with Crippen LogP contribution in [0.4, 0.5) is 0 Å². The molecule has 1 aromatic heterocycles. The summed E-state index contributed by atoms with van der Waals surface area (Å²) in [6, 6.07) is 20.2. The van der Waals surface area contributed by atoms with Crippen LogP contribution in [0.5, 0.6) is 0 Å². The third-order valence-electron chi connectivity index (χ3n) is 4.18. The number of nitrogens with one attached hydrogen (secondary N) is 1. The monoisotopic (exact) mass is 372 g/mol. The smallest absolute Gasteiger partial charge is 0.244 e. The number of aryl methyl sites for hydroxylation is 3. The van der Waals surface area contributed by atoms with Crippen molar-refractivity contribution in [2.24, 2.45) is 0 Å². The molecule has 144 valence electrons. The van der Waals surface area contributed by atoms with Gasteiger partial charge in [0.25, 0.3) is 0 Å². The lowest BCUT2D eigenvalue weighted by atomic mass is 10.1. The summed E-state index contributed by atoms with van der Waals surface area (Å²) in [5.41, 5.74) is 5.75. The normalized spacial score (nSPS) is 11.4. The summed E-state index contributed by atoms with van der Waals surface area (Å²) in [6.45, 7) is 8.10. The van der Waals surface area contributed by atoms with Gasteiger partial charge in [0.2, 0.25) is 5.91 Å². The number of hydrogen-bond donors (Lipinski definition) is 1. The van der Waals surface area contributed by atoms with Gasteiger partial charge in [-0.1, -0.05) is 65.7 Å². The van der Waals surface area contributed by atoms with Crippen LogP contribution in [0.1, 0.15) is 40.8 Å². The van der Waals surface area contributed by atoms with Gasteiger partial charge < -0.3 is 5.32 Å². The average molecular weight is 373 g/mol. The van der Waals surface area contributed by atoms with Crippen LogP contribution in [0.2, 0.25) is 0 Å². The molecular formula is C25H28N2O. The fourth-order valence-electron chi connectivity index (χ4n) is 2.68. The molecular weight excluding hydrogens is 344 g/mol. The Morgan fingerprint density at radius 2 is 1.61 bits per heavy atom. The van der Waals surface area contributed by atoms with E-state index in [-0.39, 0.29) is 11.9 Å². The molecule has 0 saturated carbocycles. The molecule has 3 rings (SSSR count). The molecule has 0 saturated heterocycles. The maximum absolute atomic E-state index is 12.0. The first-order valence-electron chi connectivity index (χ1n) is 9.42. The molecule has 1 N–H and O–H groups in total. The first-order valence-corrected chi connectivity index (χ1v) is 9.42. The summed E-state index contributed by atoms with van der Waals surface area (Å²) < 4.78 is 0. The van der Waals surface area contributed by atoms with Gasteiger partial charge in [0, 0.05) is 18.5 Å². The van der Waals surface area contributed by atoms with Gasteiger partial charge in [-0.2, -0.15) is 0 Å². The van der Waals surface area contributed by atoms with E-state index in [2.05, 4.69) is 29.4 Å². The molecule has 28 heavy (non-hydrogen) atoms. The Hall–Kier alpha value is -3.20. The Kier molecular flexibility index (Phi) is 8.16. The average Bonchev–Trinajstić information content (AvgIpc) is 2.67. The molecule has 0 radical (unpaired) electrons. The lowest BCUT2D eigenvalue weighted by Gasteiger charge is -2.13. The zero-order valence-electron chi connectivity index (χ0n) is 17.0. The van der Waals surface area contributed by atoms with Crippen LogP contribution in [-0.4, -0.2) is 10.9 Å². The van der Waals surface area contributed by atoms with E-state index in [0.717, 1.165) is 11.1 Å². The van der Waals surface area contributed by atoms with Gasteiger partial charge in [0.1, 0.15) is 0 Å². The number of aromatic nitrogens is 1. The van der Waals surface area contributed by atoms with E-state index in [9.17, 15) is 4.79 Å². The van der Waals surface area contributed by atoms with Crippen molar-refractivity contribution in [3.63, 3.8) is 0 Å². The molecule has 0 bridgehead atoms. The van der Waals surface area contributed by atoms with E-state index in [4.69, 9.17) is 0 Å². The van der Waals surface area contributed by atoms with Crippen LogP contribution < -0.4 is 5.32 Å². The van der Waals surface area contributed by atoms with Gasteiger partial charge in [-0.25, -0.2) is 0 Å². The second kappa shape index (κ2) is 10.8. The molecule has 0 aliphatic rings. The van der Waals surface area contributed by atoms with Gasteiger partial charge in [0.15, 0.2) is 0 Å². The SMILES string of the molecule is Cc1cccc(/C=C/C(=O)NC(C)c2cccc(C)c2)c1.Cc1cccnc1. The Bertz CT molecular complexity index is 917. The Morgan fingerprint density at radius 1 is 0.929 bits per heavy atom. The standard InChI is InChI=1S/C19H21NO.C6H7N/c1-14-6-4-8-17(12-14)10-11-19(21)20-16(3)18-9-5-7-15(2)13-18;1-6-3-2-4-7-5-6/h4-13,16H,1-3H3,(H,20,21);2-5H,1H3/b11-10+;. The molecule has 0 fully saturated rings. The summed E-state index contributed by atoms with van der Waals surface area (Å²) in [5, 5.41) is 2.98. The molecule has 0 spiro atoms. The first kappa shape index (κ1) is 21.1. The number of amides is 1. The van der Waals surface area contributed by atoms with Crippen molar-refractivity contribution in [1.82, 2.24) is 10.3 Å². The molecule has 3 heteroatoms. The maximum Gasteiger partial charge on any atom is 0.244 e. The first-order chi connectivity index (χ1) is 13.4. The molecule has 1 unspecified atom stereocenters. The number of hydrogen-bond acceptors (Lipinski definition) is 2. The van der Waals surface area contributed by atoms with E-state index >= 15 is 0 Å². The van der Waals surface area contributed by atoms with Crippen molar-refractivity contribution in [2.75, 3.05) is 0 Å². The summed E-state index contributed by atoms with van der Waals surface area (Å²) in [5.74, 6) is -0.0782. The number of rotatable bonds is 4. The molecule has 1 atom stereocenters. The van der Waals surface area contributed by atoms with Crippen LogP contribution in [0.25, 0.3) is 6.08 Å². The van der Waals surface area contributed by atoms with Crippen LogP contribution in [0.3, 0.4) is 0 Å². The molecule has 1 amide bonds. The quantitative estimate of drug-likeness (QED) is 0.607. The van der Waals surface area contributed by atoms with E-state index in [1.54, 1.807) is 12.3 Å². The van der Waals surface area contributed by atoms with Gasteiger partial charge in [-0.15, -0.1) is 0 Å². The largest absolute Gasteiger partial charge is 0.346 e. The maximum atomic E-state index is 12.0. The van der Waals surface area contributed by atoms with Crippen LogP contribution in [0.15, 0.2) is 79.1 Å². The van der Waals surface area contributed by atoms with E-state index in [0.29, 0.717) is 0 Å². The highest BCUT2D eigenvalue weighted by molar-refractivity contribution is 5.92. The van der Waals surface area contributed by atoms with E-state index < -0.39 is 0 Å². The third kappa shape index (κ3) is 7.58. The van der Waals surface area contributed by atoms with E-state index in [1.807, 2.05) is 81.6 Å². The summed E-state index contributed by atoms with van der Waals surface area (Å²) in [6.07, 6.45) is 7.03. The van der Waals surface area contributed by atoms with Crippen LogP contribution in [-0.2, 0) is 4.79 Å². The molecule has 2 aromatic carbocycles. The molecule has 1 heterocycles. The zero-order chi connectivity index (χ0) is 20.4. The highest BCUT2D eigenvalue weighted by Crippen LogP contribution is 2.13. The predicted molar refractivity (Wildman–Crippen MR) is 117 cm³/mol. The zero-order valence-corrected chi connectivity index (χ0v) is 17.0. The minimum absolute atomic E-state index is 0.000408. The van der Waals surface area contributed by atoms with Crippen molar-refractivity contribution in [3.8, 4) is 0 Å². The van der Waals surface area contributed by atoms with E-state index in [1.165, 1.54) is 16.7 Å². The Balaban J connectivity index is 0.000000336. The van der Waals surface area contributed by atoms with Crippen molar-refractivity contribution < 1.29 is 4.79 Å². The van der Waals surface area contributed by atoms with Gasteiger partial charge in [-0.3, -0.25) is 9.78 Å². The van der Waals surface area contributed by atoms with Gasteiger partial charge in [0.05, 0.1) is 6.04 Å². The third-order valence-corrected chi connectivity index (χ3v) is 4.18. The lowest BCUT2D eigenvalue weighted by molar-refractivity contribution is -0.117. The summed E-state index contributed by atoms with van der Waals surface area (Å²) in [4.78, 5) is 15.9. The lowest BCUT2D eigenvalue weighted by Crippen LogP contribution is -2.24. The number of nitrogens with zero attached hydrogens (tertiary/aromatic N) is 1.